The van der Waals surface area contributed by atoms with Crippen LogP contribution in [0.4, 0.5) is 10.1 Å². The number of pyridine rings is 1. The van der Waals surface area contributed by atoms with Gasteiger partial charge in [-0.2, -0.15) is 4.98 Å². The molecule has 0 aliphatic rings. The zero-order valence-electron chi connectivity index (χ0n) is 13.6. The van der Waals surface area contributed by atoms with Crippen molar-refractivity contribution < 1.29 is 13.7 Å². The quantitative estimate of drug-likeness (QED) is 0.786. The number of nitrogens with zero attached hydrogens (tertiary/aromatic N) is 3. The number of hydrogen-bond acceptors (Lipinski definition) is 5. The lowest BCUT2D eigenvalue weighted by molar-refractivity contribution is -0.116. The third-order valence-corrected chi connectivity index (χ3v) is 3.55. The van der Waals surface area contributed by atoms with E-state index < -0.39 is 17.3 Å². The van der Waals surface area contributed by atoms with Crippen molar-refractivity contribution in [2.75, 3.05) is 5.32 Å². The number of rotatable bonds is 4. The van der Waals surface area contributed by atoms with Crippen molar-refractivity contribution >= 4 is 11.6 Å². The first-order valence-corrected chi connectivity index (χ1v) is 7.50. The van der Waals surface area contributed by atoms with E-state index >= 15 is 0 Å². The van der Waals surface area contributed by atoms with Crippen LogP contribution in [0.15, 0.2) is 45.7 Å². The summed E-state index contributed by atoms with van der Waals surface area (Å²) in [6, 6.07) is 8.85. The van der Waals surface area contributed by atoms with E-state index in [1.165, 1.54) is 16.7 Å². The lowest BCUT2D eigenvalue weighted by Gasteiger charge is -2.10. The first-order chi connectivity index (χ1) is 11.9. The molecule has 3 rings (SSSR count). The summed E-state index contributed by atoms with van der Waals surface area (Å²) in [6.45, 7) is 3.01. The number of carbonyl (C=O) groups excluding carboxylic acids is 1. The molecular weight excluding hydrogens is 327 g/mol. The Balaban J connectivity index is 1.86. The predicted octanol–water partition coefficient (Wildman–Crippen LogP) is 2.29. The maximum atomic E-state index is 13.6. The van der Waals surface area contributed by atoms with Crippen LogP contribution >= 0.6 is 0 Å². The topological polar surface area (TPSA) is 90.0 Å². The highest BCUT2D eigenvalue weighted by Crippen LogP contribution is 2.16. The van der Waals surface area contributed by atoms with Crippen LogP contribution in [0, 0.1) is 19.7 Å². The van der Waals surface area contributed by atoms with Crippen molar-refractivity contribution in [2.24, 2.45) is 0 Å². The minimum atomic E-state index is -0.478. The van der Waals surface area contributed by atoms with E-state index in [-0.39, 0.29) is 12.4 Å². The monoisotopic (exact) mass is 342 g/mol. The molecular formula is C17H15FN4O3. The van der Waals surface area contributed by atoms with Crippen molar-refractivity contribution in [1.29, 1.82) is 0 Å². The van der Waals surface area contributed by atoms with Crippen LogP contribution in [0.25, 0.3) is 11.6 Å². The Morgan fingerprint density at radius 3 is 2.76 bits per heavy atom. The van der Waals surface area contributed by atoms with Gasteiger partial charge in [0, 0.05) is 11.8 Å². The van der Waals surface area contributed by atoms with Gasteiger partial charge in [-0.3, -0.25) is 14.2 Å². The number of halogens is 1. The molecule has 25 heavy (non-hydrogen) atoms. The summed E-state index contributed by atoms with van der Waals surface area (Å²) >= 11 is 0. The molecule has 8 heteroatoms. The third kappa shape index (κ3) is 3.63. The standard InChI is InChI=1S/C17H15FN4O3/c1-10-6-7-12(8-13(10)18)20-15(23)9-22-14(4-3-5-16(22)24)17-19-11(2)21-25-17/h3-8H,9H2,1-2H3,(H,20,23). The number of benzene rings is 1. The van der Waals surface area contributed by atoms with E-state index in [1.54, 1.807) is 38.1 Å². The first-order valence-electron chi connectivity index (χ1n) is 7.50. The van der Waals surface area contributed by atoms with E-state index in [4.69, 9.17) is 4.52 Å². The molecule has 2 heterocycles. The van der Waals surface area contributed by atoms with Crippen LogP contribution < -0.4 is 10.9 Å². The van der Waals surface area contributed by atoms with Gasteiger partial charge in [0.05, 0.1) is 0 Å². The molecule has 0 unspecified atom stereocenters. The van der Waals surface area contributed by atoms with Gasteiger partial charge in [-0.05, 0) is 37.6 Å². The first kappa shape index (κ1) is 16.6. The smallest absolute Gasteiger partial charge is 0.274 e. The van der Waals surface area contributed by atoms with Crippen molar-refractivity contribution in [3.8, 4) is 11.6 Å². The van der Waals surface area contributed by atoms with E-state index in [2.05, 4.69) is 15.5 Å². The average Bonchev–Trinajstić information content (AvgIpc) is 2.99. The Morgan fingerprint density at radius 1 is 1.28 bits per heavy atom. The van der Waals surface area contributed by atoms with Crippen molar-refractivity contribution in [2.45, 2.75) is 20.4 Å². The Morgan fingerprint density at radius 2 is 2.08 bits per heavy atom. The summed E-state index contributed by atoms with van der Waals surface area (Å²) in [7, 11) is 0. The third-order valence-electron chi connectivity index (χ3n) is 3.55. The van der Waals surface area contributed by atoms with Gasteiger partial charge in [0.25, 0.3) is 11.4 Å². The molecule has 0 spiro atoms. The van der Waals surface area contributed by atoms with Gasteiger partial charge < -0.3 is 9.84 Å². The second kappa shape index (κ2) is 6.68. The van der Waals surface area contributed by atoms with Crippen molar-refractivity contribution in [1.82, 2.24) is 14.7 Å². The maximum absolute atomic E-state index is 13.6. The summed E-state index contributed by atoms with van der Waals surface area (Å²) < 4.78 is 19.9. The normalized spacial score (nSPS) is 10.7. The van der Waals surface area contributed by atoms with E-state index in [0.717, 1.165) is 0 Å². The average molecular weight is 342 g/mol. The van der Waals surface area contributed by atoms with Gasteiger partial charge in [-0.1, -0.05) is 17.3 Å². The molecule has 0 fully saturated rings. The summed E-state index contributed by atoms with van der Waals surface area (Å²) in [4.78, 5) is 28.5. The number of nitrogens with one attached hydrogen (secondary N) is 1. The number of amides is 1. The van der Waals surface area contributed by atoms with E-state index in [9.17, 15) is 14.0 Å². The summed E-state index contributed by atoms with van der Waals surface area (Å²) in [6.07, 6.45) is 0. The molecule has 0 saturated heterocycles. The number of aromatic nitrogens is 3. The van der Waals surface area contributed by atoms with Crippen LogP contribution in [0.3, 0.4) is 0 Å². The van der Waals surface area contributed by atoms with Gasteiger partial charge in [-0.15, -0.1) is 0 Å². The minimum absolute atomic E-state index is 0.143. The highest BCUT2D eigenvalue weighted by molar-refractivity contribution is 5.90. The molecule has 0 atom stereocenters. The molecule has 0 bridgehead atoms. The van der Waals surface area contributed by atoms with Crippen LogP contribution in [-0.4, -0.2) is 20.6 Å². The number of hydrogen-bond donors (Lipinski definition) is 1. The molecule has 7 nitrogen and oxygen atoms in total. The van der Waals surface area contributed by atoms with Gasteiger partial charge in [0.15, 0.2) is 5.82 Å². The minimum Gasteiger partial charge on any atom is -0.332 e. The molecule has 0 aliphatic carbocycles. The SMILES string of the molecule is Cc1noc(-c2cccc(=O)n2CC(=O)Nc2ccc(C)c(F)c2)n1. The zero-order valence-corrected chi connectivity index (χ0v) is 13.6. The van der Waals surface area contributed by atoms with Crippen LogP contribution in [0.1, 0.15) is 11.4 Å². The van der Waals surface area contributed by atoms with Gasteiger partial charge in [-0.25, -0.2) is 4.39 Å². The molecule has 0 saturated carbocycles. The summed E-state index contributed by atoms with van der Waals surface area (Å²) in [5, 5.41) is 6.25. The van der Waals surface area contributed by atoms with Crippen LogP contribution in [0.2, 0.25) is 0 Å². The van der Waals surface area contributed by atoms with Crippen molar-refractivity contribution in [3.05, 3.63) is 64.0 Å². The Hall–Kier alpha value is -3.29. The fourth-order valence-corrected chi connectivity index (χ4v) is 2.29. The molecule has 3 aromatic rings. The maximum Gasteiger partial charge on any atom is 0.274 e. The molecule has 1 aromatic carbocycles. The van der Waals surface area contributed by atoms with Crippen LogP contribution in [-0.2, 0) is 11.3 Å². The van der Waals surface area contributed by atoms with Crippen LogP contribution in [0.5, 0.6) is 0 Å². The molecule has 2 aromatic heterocycles. The van der Waals surface area contributed by atoms with Crippen molar-refractivity contribution in [3.63, 3.8) is 0 Å². The molecule has 1 N–H and O–H groups in total. The highest BCUT2D eigenvalue weighted by atomic mass is 19.1. The van der Waals surface area contributed by atoms with E-state index in [0.29, 0.717) is 22.8 Å². The fourth-order valence-electron chi connectivity index (χ4n) is 2.29. The Bertz CT molecular complexity index is 994. The van der Waals surface area contributed by atoms with Gasteiger partial charge in [0.2, 0.25) is 5.91 Å². The molecule has 1 amide bonds. The molecule has 0 radical (unpaired) electrons. The highest BCUT2D eigenvalue weighted by Gasteiger charge is 2.15. The largest absolute Gasteiger partial charge is 0.332 e. The Labute approximate surface area is 142 Å². The number of carbonyl (C=O) groups is 1. The lowest BCUT2D eigenvalue weighted by Crippen LogP contribution is -2.28. The van der Waals surface area contributed by atoms with Gasteiger partial charge >= 0.3 is 0 Å². The molecule has 128 valence electrons. The second-order valence-electron chi connectivity index (χ2n) is 5.49. The number of anilines is 1. The second-order valence-corrected chi connectivity index (χ2v) is 5.49. The molecule has 0 aliphatic heterocycles. The summed E-state index contributed by atoms with van der Waals surface area (Å²) in [5.41, 5.74) is 0.732. The Kier molecular flexibility index (Phi) is 4.42. The summed E-state index contributed by atoms with van der Waals surface area (Å²) in [5.74, 6) is -0.340. The zero-order chi connectivity index (χ0) is 18.0. The number of aryl methyl sites for hydroxylation is 2. The predicted molar refractivity (Wildman–Crippen MR) is 88.5 cm³/mol. The van der Waals surface area contributed by atoms with Gasteiger partial charge in [0.1, 0.15) is 18.1 Å². The fraction of sp³-hybridized carbons (Fsp3) is 0.176. The van der Waals surface area contributed by atoms with E-state index in [1.807, 2.05) is 0 Å². The lowest BCUT2D eigenvalue weighted by atomic mass is 10.2.